The zero-order valence-electron chi connectivity index (χ0n) is 17.4. The van der Waals surface area contributed by atoms with Crippen LogP contribution in [0.15, 0.2) is 24.3 Å². The number of amides is 1. The third-order valence-electron chi connectivity index (χ3n) is 5.34. The number of benzene rings is 1. The summed E-state index contributed by atoms with van der Waals surface area (Å²) in [7, 11) is -1.95. The molecular formula is C22H32N2O4S. The molecule has 2 rings (SSSR count). The molecule has 1 atom stereocenters. The molecule has 6 nitrogen and oxygen atoms in total. The van der Waals surface area contributed by atoms with Gasteiger partial charge in [-0.25, -0.2) is 12.7 Å². The maximum Gasteiger partial charge on any atom is 0.233 e. The highest BCUT2D eigenvalue weighted by molar-refractivity contribution is 7.89. The van der Waals surface area contributed by atoms with Gasteiger partial charge in [-0.3, -0.25) is 4.79 Å². The molecule has 1 aromatic rings. The third-order valence-corrected chi connectivity index (χ3v) is 7.24. The normalized spacial score (nSPS) is 16.6. The van der Waals surface area contributed by atoms with Crippen molar-refractivity contribution in [2.24, 2.45) is 11.7 Å². The number of nitrogens with two attached hydrogens (primary N) is 1. The number of unbranched alkanes of at least 4 members (excludes halogenated alkanes) is 3. The van der Waals surface area contributed by atoms with Crippen molar-refractivity contribution < 1.29 is 17.9 Å². The molecule has 29 heavy (non-hydrogen) atoms. The lowest BCUT2D eigenvalue weighted by atomic mass is 9.90. The van der Waals surface area contributed by atoms with E-state index in [1.165, 1.54) is 9.87 Å². The van der Waals surface area contributed by atoms with E-state index in [0.29, 0.717) is 25.4 Å². The summed E-state index contributed by atoms with van der Waals surface area (Å²) in [6, 6.07) is 7.92. The Morgan fingerprint density at radius 1 is 1.24 bits per heavy atom. The molecular weight excluding hydrogens is 388 g/mol. The zero-order chi connectivity index (χ0) is 21.3. The third kappa shape index (κ3) is 7.06. The van der Waals surface area contributed by atoms with Crippen LogP contribution in [0.2, 0.25) is 0 Å². The highest BCUT2D eigenvalue weighted by Gasteiger charge is 2.31. The Balaban J connectivity index is 1.94. The molecule has 1 unspecified atom stereocenters. The van der Waals surface area contributed by atoms with Gasteiger partial charge in [-0.05, 0) is 42.9 Å². The minimum Gasteiger partial charge on any atom is -0.497 e. The van der Waals surface area contributed by atoms with E-state index in [2.05, 4.69) is 18.8 Å². The monoisotopic (exact) mass is 420 g/mol. The largest absolute Gasteiger partial charge is 0.497 e. The van der Waals surface area contributed by atoms with Crippen LogP contribution in [0, 0.1) is 17.8 Å². The van der Waals surface area contributed by atoms with Crippen LogP contribution in [-0.4, -0.2) is 44.6 Å². The summed E-state index contributed by atoms with van der Waals surface area (Å²) in [5, 5.41) is 0. The van der Waals surface area contributed by atoms with Gasteiger partial charge in [0.2, 0.25) is 15.9 Å². The number of nitrogens with zero attached hydrogens (tertiary/aromatic N) is 1. The van der Waals surface area contributed by atoms with Gasteiger partial charge in [-0.15, -0.1) is 5.92 Å². The lowest BCUT2D eigenvalue weighted by Crippen LogP contribution is -2.42. The van der Waals surface area contributed by atoms with E-state index in [4.69, 9.17) is 10.5 Å². The number of carbonyl (C=O) groups is 1. The van der Waals surface area contributed by atoms with Crippen molar-refractivity contribution >= 4 is 15.9 Å². The number of hydrogen-bond donors (Lipinski definition) is 1. The standard InChI is InChI=1S/C22H32N2O4S/c1-3-4-5-6-7-8-20(22(23)25)17-29(26,27)24-15-13-19(14-16-24)18-9-11-21(28-2)12-10-18/h9-12,19-20H,3-6,13-17H2,1-2H3,(H2,23,25). The minimum atomic E-state index is -3.58. The van der Waals surface area contributed by atoms with Crippen LogP contribution in [0.3, 0.4) is 0 Å². The molecule has 1 aliphatic heterocycles. The molecule has 1 aliphatic rings. The minimum absolute atomic E-state index is 0.317. The molecule has 1 aromatic carbocycles. The lowest BCUT2D eigenvalue weighted by molar-refractivity contribution is -0.119. The maximum absolute atomic E-state index is 12.8. The van der Waals surface area contributed by atoms with E-state index in [0.717, 1.165) is 37.9 Å². The number of rotatable bonds is 9. The van der Waals surface area contributed by atoms with E-state index in [1.807, 2.05) is 24.3 Å². The first-order valence-corrected chi connectivity index (χ1v) is 11.9. The van der Waals surface area contributed by atoms with E-state index >= 15 is 0 Å². The number of ether oxygens (including phenoxy) is 1. The van der Waals surface area contributed by atoms with Gasteiger partial charge in [0.25, 0.3) is 0 Å². The van der Waals surface area contributed by atoms with Gasteiger partial charge >= 0.3 is 0 Å². The SMILES string of the molecule is CCCCCC#CC(CS(=O)(=O)N1CCC(c2ccc(OC)cc2)CC1)C(N)=O. The fourth-order valence-electron chi connectivity index (χ4n) is 3.51. The fourth-order valence-corrected chi connectivity index (χ4v) is 5.16. The molecule has 0 bridgehead atoms. The number of carbonyl (C=O) groups excluding carboxylic acids is 1. The van der Waals surface area contributed by atoms with Crippen LogP contribution in [0.5, 0.6) is 5.75 Å². The summed E-state index contributed by atoms with van der Waals surface area (Å²) in [6.07, 6.45) is 5.25. The second kappa shape index (κ2) is 11.2. The van der Waals surface area contributed by atoms with Gasteiger partial charge in [0.1, 0.15) is 11.7 Å². The molecule has 1 fully saturated rings. The summed E-state index contributed by atoms with van der Waals surface area (Å²) in [5.41, 5.74) is 6.59. The van der Waals surface area contributed by atoms with Crippen molar-refractivity contribution in [3.05, 3.63) is 29.8 Å². The zero-order valence-corrected chi connectivity index (χ0v) is 18.2. The van der Waals surface area contributed by atoms with E-state index in [9.17, 15) is 13.2 Å². The van der Waals surface area contributed by atoms with Crippen LogP contribution in [0.1, 0.15) is 56.9 Å². The van der Waals surface area contributed by atoms with Crippen LogP contribution >= 0.6 is 0 Å². The Morgan fingerprint density at radius 2 is 1.90 bits per heavy atom. The number of primary amides is 1. The molecule has 0 aromatic heterocycles. The average Bonchev–Trinajstić information content (AvgIpc) is 2.72. The molecule has 0 radical (unpaired) electrons. The highest BCUT2D eigenvalue weighted by atomic mass is 32.2. The molecule has 2 N–H and O–H groups in total. The van der Waals surface area contributed by atoms with Crippen LogP contribution < -0.4 is 10.5 Å². The van der Waals surface area contributed by atoms with Gasteiger partial charge in [0.15, 0.2) is 0 Å². The van der Waals surface area contributed by atoms with Gasteiger partial charge < -0.3 is 10.5 Å². The number of methoxy groups -OCH3 is 1. The van der Waals surface area contributed by atoms with Crippen molar-refractivity contribution in [3.63, 3.8) is 0 Å². The predicted molar refractivity (Wildman–Crippen MR) is 115 cm³/mol. The molecule has 0 saturated carbocycles. The first-order valence-electron chi connectivity index (χ1n) is 10.3. The van der Waals surface area contributed by atoms with E-state index < -0.39 is 21.8 Å². The Labute approximate surface area is 174 Å². The number of piperidine rings is 1. The molecule has 1 amide bonds. The topological polar surface area (TPSA) is 89.7 Å². The van der Waals surface area contributed by atoms with Crippen LogP contribution in [0.4, 0.5) is 0 Å². The van der Waals surface area contributed by atoms with Gasteiger partial charge in [0.05, 0.1) is 12.9 Å². The molecule has 0 spiro atoms. The summed E-state index contributed by atoms with van der Waals surface area (Å²) in [4.78, 5) is 11.7. The quantitative estimate of drug-likeness (QED) is 0.491. The van der Waals surface area contributed by atoms with Crippen molar-refractivity contribution in [2.75, 3.05) is 26.0 Å². The summed E-state index contributed by atoms with van der Waals surface area (Å²) < 4.78 is 32.3. The van der Waals surface area contributed by atoms with Gasteiger partial charge in [0, 0.05) is 19.5 Å². The Morgan fingerprint density at radius 3 is 2.45 bits per heavy atom. The highest BCUT2D eigenvalue weighted by Crippen LogP contribution is 2.30. The second-order valence-corrected chi connectivity index (χ2v) is 9.47. The maximum atomic E-state index is 12.8. The Kier molecular flexibility index (Phi) is 8.99. The first kappa shape index (κ1) is 23.2. The van der Waals surface area contributed by atoms with Gasteiger partial charge in [-0.2, -0.15) is 0 Å². The molecule has 1 saturated heterocycles. The Bertz CT molecular complexity index is 817. The van der Waals surface area contributed by atoms with Crippen LogP contribution in [-0.2, 0) is 14.8 Å². The lowest BCUT2D eigenvalue weighted by Gasteiger charge is -2.31. The Hall–Kier alpha value is -2.04. The number of sulfonamides is 1. The van der Waals surface area contributed by atoms with Crippen LogP contribution in [0.25, 0.3) is 0 Å². The summed E-state index contributed by atoms with van der Waals surface area (Å²) in [6.45, 7) is 2.98. The fraction of sp³-hybridized carbons (Fsp3) is 0.591. The van der Waals surface area contributed by atoms with Crippen molar-refractivity contribution in [2.45, 2.75) is 51.4 Å². The molecule has 0 aliphatic carbocycles. The van der Waals surface area contributed by atoms with E-state index in [1.54, 1.807) is 7.11 Å². The second-order valence-electron chi connectivity index (χ2n) is 7.46. The van der Waals surface area contributed by atoms with Crippen molar-refractivity contribution in [1.82, 2.24) is 4.31 Å². The number of hydrogen-bond acceptors (Lipinski definition) is 4. The van der Waals surface area contributed by atoms with Crippen molar-refractivity contribution in [3.8, 4) is 17.6 Å². The molecule has 1 heterocycles. The summed E-state index contributed by atoms with van der Waals surface area (Å²) >= 11 is 0. The average molecular weight is 421 g/mol. The first-order chi connectivity index (χ1) is 13.9. The predicted octanol–water partition coefficient (Wildman–Crippen LogP) is 2.89. The summed E-state index contributed by atoms with van der Waals surface area (Å²) in [5.74, 6) is 4.85. The van der Waals surface area contributed by atoms with Crippen molar-refractivity contribution in [1.29, 1.82) is 0 Å². The molecule has 160 valence electrons. The smallest absolute Gasteiger partial charge is 0.233 e. The molecule has 7 heteroatoms. The van der Waals surface area contributed by atoms with Gasteiger partial charge in [-0.1, -0.05) is 37.8 Å². The van der Waals surface area contributed by atoms with E-state index in [-0.39, 0.29) is 5.75 Å².